The van der Waals surface area contributed by atoms with Gasteiger partial charge in [-0.05, 0) is 87.5 Å². The Morgan fingerprint density at radius 3 is 2.08 bits per heavy atom. The Balaban J connectivity index is 0.000000280. The third-order valence-electron chi connectivity index (χ3n) is 6.28. The van der Waals surface area contributed by atoms with Crippen LogP contribution in [-0.2, 0) is 4.79 Å². The lowest BCUT2D eigenvalue weighted by Gasteiger charge is -2.36. The van der Waals surface area contributed by atoms with Crippen molar-refractivity contribution in [1.82, 2.24) is 15.1 Å². The number of nitrogens with zero attached hydrogens (tertiary/aromatic N) is 3. The summed E-state index contributed by atoms with van der Waals surface area (Å²) in [5.41, 5.74) is 7.27. The summed E-state index contributed by atoms with van der Waals surface area (Å²) >= 11 is 0. The molecule has 8 heteroatoms. The minimum Gasteiger partial charge on any atom is -0.343 e. The van der Waals surface area contributed by atoms with Crippen LogP contribution in [0.1, 0.15) is 67.4 Å². The van der Waals surface area contributed by atoms with Crippen LogP contribution in [0.15, 0.2) is 48.5 Å². The second-order valence-corrected chi connectivity index (χ2v) is 9.50. The van der Waals surface area contributed by atoms with Crippen molar-refractivity contribution >= 4 is 11.8 Å². The largest absolute Gasteiger partial charge is 0.343 e. The first kappa shape index (κ1) is 29.9. The number of nitrogens with two attached hydrogens (primary N) is 1. The summed E-state index contributed by atoms with van der Waals surface area (Å²) in [7, 11) is 0. The number of hydrogen-bond donors (Lipinski definition) is 2. The fraction of sp³-hybridized carbons (Fsp3) is 0.483. The third-order valence-corrected chi connectivity index (χ3v) is 6.28. The maximum absolute atomic E-state index is 12.4. The van der Waals surface area contributed by atoms with Crippen LogP contribution in [0.4, 0.5) is 4.39 Å². The van der Waals surface area contributed by atoms with Gasteiger partial charge in [-0.1, -0.05) is 19.1 Å². The molecule has 3 N–H and O–H groups in total. The van der Waals surface area contributed by atoms with Crippen molar-refractivity contribution in [2.45, 2.75) is 52.0 Å². The maximum Gasteiger partial charge on any atom is 0.251 e. The van der Waals surface area contributed by atoms with Crippen LogP contribution >= 0.6 is 0 Å². The van der Waals surface area contributed by atoms with E-state index in [1.807, 2.05) is 18.2 Å². The third kappa shape index (κ3) is 10.7. The molecule has 37 heavy (non-hydrogen) atoms. The topological polar surface area (TPSA) is 102 Å². The van der Waals surface area contributed by atoms with Gasteiger partial charge in [0.05, 0.1) is 18.2 Å². The van der Waals surface area contributed by atoms with Gasteiger partial charge in [0.25, 0.3) is 5.91 Å². The van der Waals surface area contributed by atoms with E-state index in [-0.39, 0.29) is 24.2 Å². The van der Waals surface area contributed by atoms with Gasteiger partial charge in [0.15, 0.2) is 0 Å². The van der Waals surface area contributed by atoms with Crippen molar-refractivity contribution in [3.05, 3.63) is 71.0 Å². The number of carbonyl (C=O) groups is 2. The number of nitrogens with one attached hydrogen (secondary N) is 1. The first-order chi connectivity index (χ1) is 17.8. The normalized spacial score (nSPS) is 15.0. The molecule has 1 heterocycles. The molecular weight excluding hydrogens is 469 g/mol. The summed E-state index contributed by atoms with van der Waals surface area (Å²) in [5, 5.41) is 11.4. The molecular formula is C29H40FN5O2. The number of halogens is 1. The van der Waals surface area contributed by atoms with Crippen LogP contribution in [0.2, 0.25) is 0 Å². The monoisotopic (exact) mass is 509 g/mol. The smallest absolute Gasteiger partial charge is 0.251 e. The molecule has 4 rings (SSSR count). The average molecular weight is 510 g/mol. The van der Waals surface area contributed by atoms with Gasteiger partial charge in [-0.2, -0.15) is 5.26 Å². The summed E-state index contributed by atoms with van der Waals surface area (Å²) in [5.74, 6) is 0.240. The second kappa shape index (κ2) is 15.7. The number of rotatable bonds is 6. The van der Waals surface area contributed by atoms with Gasteiger partial charge >= 0.3 is 0 Å². The summed E-state index contributed by atoms with van der Waals surface area (Å²) < 4.78 is 12.4. The maximum atomic E-state index is 12.4. The molecule has 1 saturated heterocycles. The molecule has 200 valence electrons. The minimum absolute atomic E-state index is 0.000509. The summed E-state index contributed by atoms with van der Waals surface area (Å²) in [6, 6.07) is 15.7. The Bertz CT molecular complexity index is 1000. The fourth-order valence-corrected chi connectivity index (χ4v) is 3.71. The van der Waals surface area contributed by atoms with Crippen molar-refractivity contribution in [1.29, 1.82) is 5.26 Å². The van der Waals surface area contributed by atoms with Gasteiger partial charge in [-0.15, -0.1) is 0 Å². The lowest BCUT2D eigenvalue weighted by atomic mass is 10.1. The Morgan fingerprint density at radius 2 is 1.62 bits per heavy atom. The molecule has 0 atom stereocenters. The van der Waals surface area contributed by atoms with E-state index in [0.29, 0.717) is 30.3 Å². The zero-order valence-corrected chi connectivity index (χ0v) is 22.3. The number of nitriles is 1. The highest BCUT2D eigenvalue weighted by Gasteiger charge is 2.23. The molecule has 2 fully saturated rings. The summed E-state index contributed by atoms with van der Waals surface area (Å²) in [4.78, 5) is 28.3. The zero-order valence-electron chi connectivity index (χ0n) is 22.3. The fourth-order valence-electron chi connectivity index (χ4n) is 3.71. The number of benzene rings is 2. The van der Waals surface area contributed by atoms with Crippen molar-refractivity contribution < 1.29 is 14.0 Å². The first-order valence-electron chi connectivity index (χ1n) is 13.0. The lowest BCUT2D eigenvalue weighted by molar-refractivity contribution is -0.132. The van der Waals surface area contributed by atoms with Crippen LogP contribution in [0.3, 0.4) is 0 Å². The van der Waals surface area contributed by atoms with Gasteiger partial charge in [-0.3, -0.25) is 14.5 Å². The SMILES string of the molecule is CC(C)N1CCN(C(=O)CNC(=O)c2ccc(C#N)cc2)CC1.CCCN.Fc1ccc(C2CC2)cc1. The number of amides is 2. The molecule has 0 aromatic heterocycles. The predicted molar refractivity (Wildman–Crippen MR) is 144 cm³/mol. The van der Waals surface area contributed by atoms with Crippen LogP contribution in [0.5, 0.6) is 0 Å². The van der Waals surface area contributed by atoms with Crippen molar-refractivity contribution in [2.75, 3.05) is 39.3 Å². The molecule has 7 nitrogen and oxygen atoms in total. The molecule has 2 aromatic rings. The Kier molecular flexibility index (Phi) is 12.7. The molecule has 2 aromatic carbocycles. The standard InChI is InChI=1S/C17H22N4O2.C9H9F.C3H9N/c1-13(2)20-7-9-21(10-8-20)16(22)12-19-17(23)15-5-3-14(11-18)4-6-15;10-9-5-3-8(4-6-9)7-1-2-7;1-2-3-4/h3-6,13H,7-10,12H2,1-2H3,(H,19,23);3-7H,1-2H2;2-4H2,1H3. The van der Waals surface area contributed by atoms with Gasteiger partial charge in [-0.25, -0.2) is 4.39 Å². The van der Waals surface area contributed by atoms with E-state index in [2.05, 4.69) is 31.0 Å². The van der Waals surface area contributed by atoms with Crippen LogP contribution in [-0.4, -0.2) is 66.9 Å². The second-order valence-electron chi connectivity index (χ2n) is 9.50. The molecule has 1 aliphatic carbocycles. The first-order valence-corrected chi connectivity index (χ1v) is 13.0. The van der Waals surface area contributed by atoms with Crippen molar-refractivity contribution in [2.24, 2.45) is 5.73 Å². The quantitative estimate of drug-likeness (QED) is 0.615. The van der Waals surface area contributed by atoms with Crippen LogP contribution in [0.25, 0.3) is 0 Å². The summed E-state index contributed by atoms with van der Waals surface area (Å²) in [6.45, 7) is 10.3. The molecule has 0 unspecified atom stereocenters. The Labute approximate surface area is 220 Å². The van der Waals surface area contributed by atoms with Gasteiger partial charge < -0.3 is 16.0 Å². The van der Waals surface area contributed by atoms with E-state index < -0.39 is 0 Å². The van der Waals surface area contributed by atoms with E-state index in [1.165, 1.54) is 30.5 Å². The molecule has 2 aliphatic rings. The van der Waals surface area contributed by atoms with Crippen molar-refractivity contribution in [3.8, 4) is 6.07 Å². The molecule has 0 bridgehead atoms. The average Bonchev–Trinajstić information content (AvgIpc) is 3.78. The molecule has 2 amide bonds. The van der Waals surface area contributed by atoms with E-state index in [1.54, 1.807) is 29.2 Å². The molecule has 1 saturated carbocycles. The highest BCUT2D eigenvalue weighted by molar-refractivity contribution is 5.96. The Hall–Kier alpha value is -3.28. The lowest BCUT2D eigenvalue weighted by Crippen LogP contribution is -2.52. The molecule has 1 aliphatic heterocycles. The van der Waals surface area contributed by atoms with E-state index in [9.17, 15) is 14.0 Å². The highest BCUT2D eigenvalue weighted by Crippen LogP contribution is 2.39. The number of hydrogen-bond acceptors (Lipinski definition) is 5. The zero-order chi connectivity index (χ0) is 27.2. The van der Waals surface area contributed by atoms with Crippen molar-refractivity contribution in [3.63, 3.8) is 0 Å². The number of piperazine rings is 1. The highest BCUT2D eigenvalue weighted by atomic mass is 19.1. The van der Waals surface area contributed by atoms with Gasteiger partial charge in [0.1, 0.15) is 5.82 Å². The van der Waals surface area contributed by atoms with Crippen LogP contribution in [0, 0.1) is 17.1 Å². The van der Waals surface area contributed by atoms with Crippen LogP contribution < -0.4 is 11.1 Å². The predicted octanol–water partition coefficient (Wildman–Crippen LogP) is 3.90. The van der Waals surface area contributed by atoms with E-state index >= 15 is 0 Å². The molecule has 0 spiro atoms. The Morgan fingerprint density at radius 1 is 1.05 bits per heavy atom. The van der Waals surface area contributed by atoms with E-state index in [0.717, 1.165) is 32.0 Å². The minimum atomic E-state index is -0.302. The summed E-state index contributed by atoms with van der Waals surface area (Å²) in [6.07, 6.45) is 3.66. The number of carbonyl (C=O) groups excluding carboxylic acids is 2. The van der Waals surface area contributed by atoms with Gasteiger partial charge in [0, 0.05) is 37.8 Å². The van der Waals surface area contributed by atoms with E-state index in [4.69, 9.17) is 11.0 Å². The molecule has 0 radical (unpaired) electrons. The van der Waals surface area contributed by atoms with Gasteiger partial charge in [0.2, 0.25) is 5.91 Å².